The van der Waals surface area contributed by atoms with Crippen molar-refractivity contribution in [2.75, 3.05) is 33.9 Å². The van der Waals surface area contributed by atoms with E-state index in [0.29, 0.717) is 19.1 Å². The Bertz CT molecular complexity index is 879. The zero-order valence-electron chi connectivity index (χ0n) is 18.8. The zero-order chi connectivity index (χ0) is 24.2. The quantitative estimate of drug-likeness (QED) is 0.574. The van der Waals surface area contributed by atoms with Crippen LogP contribution in [0.15, 0.2) is 42.5 Å². The molecule has 2 aromatic carbocycles. The van der Waals surface area contributed by atoms with Crippen molar-refractivity contribution in [1.82, 2.24) is 4.90 Å². The predicted molar refractivity (Wildman–Crippen MR) is 119 cm³/mol. The molecular weight excluding hydrogens is 433 g/mol. The van der Waals surface area contributed by atoms with Gasteiger partial charge < -0.3 is 24.4 Å². The van der Waals surface area contributed by atoms with Gasteiger partial charge in [-0.3, -0.25) is 4.90 Å². The summed E-state index contributed by atoms with van der Waals surface area (Å²) in [6, 6.07) is 12.8. The Kier molecular flexibility index (Phi) is 10.6. The zero-order valence-corrected chi connectivity index (χ0v) is 18.8. The van der Waals surface area contributed by atoms with Gasteiger partial charge in [0.1, 0.15) is 17.3 Å². The molecule has 180 valence electrons. The minimum absolute atomic E-state index is 0.114. The van der Waals surface area contributed by atoms with Crippen LogP contribution in [-0.4, -0.2) is 61.0 Å². The average Bonchev–Trinajstić information content (AvgIpc) is 2.81. The summed E-state index contributed by atoms with van der Waals surface area (Å²) < 4.78 is 30.3. The van der Waals surface area contributed by atoms with Crippen molar-refractivity contribution in [3.8, 4) is 11.5 Å². The van der Waals surface area contributed by atoms with Crippen LogP contribution < -0.4 is 9.47 Å². The molecule has 0 saturated carbocycles. The van der Waals surface area contributed by atoms with Crippen LogP contribution in [-0.2, 0) is 27.5 Å². The van der Waals surface area contributed by atoms with Crippen LogP contribution in [0.5, 0.6) is 11.5 Å². The fraction of sp³-hybridized carbons (Fsp3) is 0.417. The summed E-state index contributed by atoms with van der Waals surface area (Å²) in [5.41, 5.74) is 1.82. The number of methoxy groups -OCH3 is 2. The van der Waals surface area contributed by atoms with E-state index in [1.165, 1.54) is 6.07 Å². The number of ether oxygens (including phenoxy) is 3. The monoisotopic (exact) mass is 463 g/mol. The number of aliphatic carboxylic acids is 2. The largest absolute Gasteiger partial charge is 0.497 e. The molecule has 0 unspecified atom stereocenters. The molecule has 0 aliphatic carbocycles. The van der Waals surface area contributed by atoms with Crippen LogP contribution >= 0.6 is 0 Å². The molecule has 0 bridgehead atoms. The number of piperidine rings is 1. The molecule has 3 rings (SSSR count). The van der Waals surface area contributed by atoms with Crippen molar-refractivity contribution in [3.05, 3.63) is 59.4 Å². The highest BCUT2D eigenvalue weighted by Gasteiger charge is 2.20. The Morgan fingerprint density at radius 1 is 1.00 bits per heavy atom. The van der Waals surface area contributed by atoms with E-state index < -0.39 is 11.9 Å². The molecule has 1 aliphatic rings. The van der Waals surface area contributed by atoms with E-state index in [2.05, 4.69) is 4.90 Å². The second kappa shape index (κ2) is 13.4. The number of likely N-dealkylation sites (tertiary alicyclic amines) is 1. The fourth-order valence-corrected chi connectivity index (χ4v) is 3.47. The Labute approximate surface area is 192 Å². The Balaban J connectivity index is 0.000000569. The lowest BCUT2D eigenvalue weighted by Crippen LogP contribution is -2.34. The highest BCUT2D eigenvalue weighted by atomic mass is 19.1. The number of rotatable bonds is 8. The van der Waals surface area contributed by atoms with Crippen molar-refractivity contribution in [2.45, 2.75) is 26.0 Å². The highest BCUT2D eigenvalue weighted by molar-refractivity contribution is 6.27. The van der Waals surface area contributed by atoms with Crippen molar-refractivity contribution >= 4 is 11.9 Å². The van der Waals surface area contributed by atoms with Crippen molar-refractivity contribution in [3.63, 3.8) is 0 Å². The molecule has 1 aliphatic heterocycles. The first-order valence-electron chi connectivity index (χ1n) is 10.5. The van der Waals surface area contributed by atoms with Gasteiger partial charge in [0.05, 0.1) is 20.8 Å². The van der Waals surface area contributed by atoms with Gasteiger partial charge in [0.25, 0.3) is 0 Å². The predicted octanol–water partition coefficient (Wildman–Crippen LogP) is 3.43. The third kappa shape index (κ3) is 9.07. The van der Waals surface area contributed by atoms with E-state index >= 15 is 0 Å². The first kappa shape index (κ1) is 26.1. The molecule has 1 heterocycles. The molecule has 1 saturated heterocycles. The van der Waals surface area contributed by atoms with Gasteiger partial charge in [0.2, 0.25) is 0 Å². The maximum Gasteiger partial charge on any atom is 0.414 e. The van der Waals surface area contributed by atoms with Gasteiger partial charge in [0.15, 0.2) is 0 Å². The van der Waals surface area contributed by atoms with Crippen LogP contribution in [0.4, 0.5) is 4.39 Å². The van der Waals surface area contributed by atoms with Gasteiger partial charge in [-0.05, 0) is 55.6 Å². The van der Waals surface area contributed by atoms with E-state index in [-0.39, 0.29) is 5.82 Å². The molecule has 0 aromatic heterocycles. The summed E-state index contributed by atoms with van der Waals surface area (Å²) in [5, 5.41) is 14.8. The lowest BCUT2D eigenvalue weighted by molar-refractivity contribution is -0.159. The van der Waals surface area contributed by atoms with Crippen molar-refractivity contribution < 1.29 is 38.4 Å². The smallest absolute Gasteiger partial charge is 0.414 e. The third-order valence-corrected chi connectivity index (χ3v) is 5.28. The number of hydrogen-bond donors (Lipinski definition) is 2. The molecule has 0 atom stereocenters. The molecule has 0 amide bonds. The van der Waals surface area contributed by atoms with E-state index in [1.807, 2.05) is 30.3 Å². The maximum absolute atomic E-state index is 13.8. The number of hydrogen-bond acceptors (Lipinski definition) is 6. The maximum atomic E-state index is 13.8. The summed E-state index contributed by atoms with van der Waals surface area (Å²) in [4.78, 5) is 20.5. The first-order chi connectivity index (χ1) is 15.8. The van der Waals surface area contributed by atoms with Gasteiger partial charge in [-0.2, -0.15) is 0 Å². The Morgan fingerprint density at radius 2 is 1.58 bits per heavy atom. The Morgan fingerprint density at radius 3 is 2.09 bits per heavy atom. The van der Waals surface area contributed by atoms with E-state index in [1.54, 1.807) is 20.3 Å². The normalized spacial score (nSPS) is 14.2. The van der Waals surface area contributed by atoms with Gasteiger partial charge in [-0.1, -0.05) is 18.2 Å². The second-order valence-corrected chi connectivity index (χ2v) is 7.66. The highest BCUT2D eigenvalue weighted by Crippen LogP contribution is 2.24. The van der Waals surface area contributed by atoms with E-state index in [4.69, 9.17) is 34.0 Å². The lowest BCUT2D eigenvalue weighted by atomic mass is 9.97. The van der Waals surface area contributed by atoms with Gasteiger partial charge in [0, 0.05) is 24.8 Å². The number of carboxylic acids is 2. The lowest BCUT2D eigenvalue weighted by Gasteiger charge is -2.31. The summed E-state index contributed by atoms with van der Waals surface area (Å²) >= 11 is 0. The SMILES string of the molecule is COc1cc(COCC2CCN(Cc3ccccc3F)CC2)cc(OC)c1.O=C(O)C(=O)O. The molecule has 8 nitrogen and oxygen atoms in total. The number of benzene rings is 2. The van der Waals surface area contributed by atoms with Crippen LogP contribution in [0.1, 0.15) is 24.0 Å². The van der Waals surface area contributed by atoms with Crippen molar-refractivity contribution in [1.29, 1.82) is 0 Å². The first-order valence-corrected chi connectivity index (χ1v) is 10.5. The average molecular weight is 464 g/mol. The van der Waals surface area contributed by atoms with Crippen LogP contribution in [0.3, 0.4) is 0 Å². The topological polar surface area (TPSA) is 106 Å². The molecule has 2 N–H and O–H groups in total. The molecule has 1 fully saturated rings. The molecule has 33 heavy (non-hydrogen) atoms. The molecule has 0 radical (unpaired) electrons. The van der Waals surface area contributed by atoms with Crippen LogP contribution in [0.2, 0.25) is 0 Å². The van der Waals surface area contributed by atoms with E-state index in [0.717, 1.165) is 55.2 Å². The number of halogens is 1. The third-order valence-electron chi connectivity index (χ3n) is 5.28. The molecule has 0 spiro atoms. The minimum Gasteiger partial charge on any atom is -0.497 e. The number of carbonyl (C=O) groups is 2. The standard InChI is InChI=1S/C22H28FNO3.C2H2O4/c1-25-20-11-18(12-21(13-20)26-2)16-27-15-17-7-9-24(10-8-17)14-19-5-3-4-6-22(19)23;3-1(4)2(5)6/h3-6,11-13,17H,7-10,14-16H2,1-2H3;(H,3,4)(H,5,6). The Hall–Kier alpha value is -3.17. The summed E-state index contributed by atoms with van der Waals surface area (Å²) in [5.74, 6) is -1.67. The second-order valence-electron chi connectivity index (χ2n) is 7.66. The van der Waals surface area contributed by atoms with Gasteiger partial charge >= 0.3 is 11.9 Å². The molecule has 9 heteroatoms. The van der Waals surface area contributed by atoms with Crippen LogP contribution in [0.25, 0.3) is 0 Å². The van der Waals surface area contributed by atoms with E-state index in [9.17, 15) is 4.39 Å². The molecular formula is C24H30FNO7. The number of carboxylic acid groups (broad SMARTS) is 2. The summed E-state index contributed by atoms with van der Waals surface area (Å²) in [7, 11) is 3.29. The fourth-order valence-electron chi connectivity index (χ4n) is 3.47. The molecule has 2 aromatic rings. The summed E-state index contributed by atoms with van der Waals surface area (Å²) in [6.45, 7) is 3.94. The van der Waals surface area contributed by atoms with Gasteiger partial charge in [-0.15, -0.1) is 0 Å². The minimum atomic E-state index is -1.82. The summed E-state index contributed by atoms with van der Waals surface area (Å²) in [6.07, 6.45) is 2.16. The number of nitrogens with zero attached hydrogens (tertiary/aromatic N) is 1. The van der Waals surface area contributed by atoms with Crippen molar-refractivity contribution in [2.24, 2.45) is 5.92 Å². The van der Waals surface area contributed by atoms with Gasteiger partial charge in [-0.25, -0.2) is 14.0 Å². The van der Waals surface area contributed by atoms with Crippen LogP contribution in [0, 0.1) is 11.7 Å².